The van der Waals surface area contributed by atoms with Gasteiger partial charge in [0, 0.05) is 32.7 Å². The fourth-order valence-corrected chi connectivity index (χ4v) is 2.81. The van der Waals surface area contributed by atoms with E-state index in [1.165, 1.54) is 0 Å². The molecule has 1 aromatic carbocycles. The van der Waals surface area contributed by atoms with Crippen LogP contribution >= 0.6 is 0 Å². The number of carbonyl (C=O) groups excluding carboxylic acids is 1. The van der Waals surface area contributed by atoms with Crippen molar-refractivity contribution in [1.29, 1.82) is 0 Å². The predicted molar refractivity (Wildman–Crippen MR) is 89.6 cm³/mol. The Morgan fingerprint density at radius 3 is 2.84 bits per heavy atom. The SMILES string of the molecule is O=CN1CCN(c2cnnc(NCc3ccc4c(c3)OCO4)n2)CC1. The summed E-state index contributed by atoms with van der Waals surface area (Å²) in [4.78, 5) is 19.2. The van der Waals surface area contributed by atoms with Gasteiger partial charge in [-0.25, -0.2) is 0 Å². The second-order valence-electron chi connectivity index (χ2n) is 5.81. The minimum Gasteiger partial charge on any atom is -0.454 e. The first kappa shape index (κ1) is 15.4. The predicted octanol–water partition coefficient (Wildman–Crippen LogP) is 0.491. The monoisotopic (exact) mass is 342 g/mol. The summed E-state index contributed by atoms with van der Waals surface area (Å²) in [5.41, 5.74) is 1.04. The van der Waals surface area contributed by atoms with Crippen LogP contribution in [0.15, 0.2) is 24.4 Å². The number of piperazine rings is 1. The number of nitrogens with zero attached hydrogens (tertiary/aromatic N) is 5. The lowest BCUT2D eigenvalue weighted by Crippen LogP contribution is -2.46. The van der Waals surface area contributed by atoms with E-state index >= 15 is 0 Å². The van der Waals surface area contributed by atoms with Gasteiger partial charge < -0.3 is 24.6 Å². The summed E-state index contributed by atoms with van der Waals surface area (Å²) in [7, 11) is 0. The molecule has 2 aromatic rings. The molecule has 1 aromatic heterocycles. The summed E-state index contributed by atoms with van der Waals surface area (Å²) in [5, 5.41) is 11.2. The van der Waals surface area contributed by atoms with Crippen LogP contribution in [0.2, 0.25) is 0 Å². The van der Waals surface area contributed by atoms with Crippen molar-refractivity contribution in [3.05, 3.63) is 30.0 Å². The number of rotatable bonds is 5. The van der Waals surface area contributed by atoms with E-state index in [1.54, 1.807) is 11.1 Å². The molecule has 0 bridgehead atoms. The molecule has 9 nitrogen and oxygen atoms in total. The molecule has 1 saturated heterocycles. The summed E-state index contributed by atoms with van der Waals surface area (Å²) in [6.45, 7) is 3.67. The lowest BCUT2D eigenvalue weighted by atomic mass is 10.2. The first-order valence-electron chi connectivity index (χ1n) is 8.08. The molecule has 0 atom stereocenters. The van der Waals surface area contributed by atoms with E-state index < -0.39 is 0 Å². The standard InChI is InChI=1S/C16H18N6O3/c23-10-21-3-5-22(6-4-21)15-9-18-20-16(19-15)17-8-12-1-2-13-14(7-12)25-11-24-13/h1-2,7,9-10H,3-6,8,11H2,(H,17,19,20). The second-order valence-corrected chi connectivity index (χ2v) is 5.81. The molecule has 130 valence electrons. The highest BCUT2D eigenvalue weighted by atomic mass is 16.7. The van der Waals surface area contributed by atoms with E-state index in [0.29, 0.717) is 25.6 Å². The van der Waals surface area contributed by atoms with E-state index in [0.717, 1.165) is 42.4 Å². The molecule has 1 amide bonds. The molecule has 0 spiro atoms. The number of amides is 1. The lowest BCUT2D eigenvalue weighted by Gasteiger charge is -2.33. The molecule has 4 rings (SSSR count). The average Bonchev–Trinajstić information content (AvgIpc) is 3.14. The third kappa shape index (κ3) is 3.39. The van der Waals surface area contributed by atoms with Crippen molar-refractivity contribution in [2.24, 2.45) is 0 Å². The van der Waals surface area contributed by atoms with Crippen LogP contribution in [0.5, 0.6) is 11.5 Å². The maximum absolute atomic E-state index is 10.8. The Balaban J connectivity index is 1.39. The van der Waals surface area contributed by atoms with Gasteiger partial charge in [-0.05, 0) is 17.7 Å². The van der Waals surface area contributed by atoms with E-state index in [9.17, 15) is 4.79 Å². The van der Waals surface area contributed by atoms with Crippen LogP contribution < -0.4 is 19.7 Å². The summed E-state index contributed by atoms with van der Waals surface area (Å²) < 4.78 is 10.7. The van der Waals surface area contributed by atoms with Crippen molar-refractivity contribution in [3.63, 3.8) is 0 Å². The zero-order valence-corrected chi connectivity index (χ0v) is 13.6. The van der Waals surface area contributed by atoms with Crippen LogP contribution in [-0.2, 0) is 11.3 Å². The second kappa shape index (κ2) is 6.80. The number of aromatic nitrogens is 3. The molecule has 3 heterocycles. The fraction of sp³-hybridized carbons (Fsp3) is 0.375. The largest absolute Gasteiger partial charge is 0.454 e. The van der Waals surface area contributed by atoms with Crippen molar-refractivity contribution < 1.29 is 14.3 Å². The Morgan fingerprint density at radius 1 is 1.16 bits per heavy atom. The molecule has 0 radical (unpaired) electrons. The van der Waals surface area contributed by atoms with E-state index in [-0.39, 0.29) is 6.79 Å². The van der Waals surface area contributed by atoms with Crippen molar-refractivity contribution in [1.82, 2.24) is 20.1 Å². The molecule has 1 fully saturated rings. The lowest BCUT2D eigenvalue weighted by molar-refractivity contribution is -0.118. The summed E-state index contributed by atoms with van der Waals surface area (Å²) in [6.07, 6.45) is 2.52. The molecule has 2 aliphatic heterocycles. The Labute approximate surface area is 144 Å². The molecule has 9 heteroatoms. The topological polar surface area (TPSA) is 92.7 Å². The summed E-state index contributed by atoms with van der Waals surface area (Å²) >= 11 is 0. The van der Waals surface area contributed by atoms with Gasteiger partial charge in [-0.3, -0.25) is 4.79 Å². The molecule has 25 heavy (non-hydrogen) atoms. The molecule has 0 saturated carbocycles. The normalized spacial score (nSPS) is 16.0. The van der Waals surface area contributed by atoms with Gasteiger partial charge in [0.1, 0.15) is 0 Å². The van der Waals surface area contributed by atoms with Crippen molar-refractivity contribution in [3.8, 4) is 11.5 Å². The van der Waals surface area contributed by atoms with Crippen LogP contribution in [0.3, 0.4) is 0 Å². The Morgan fingerprint density at radius 2 is 2.00 bits per heavy atom. The van der Waals surface area contributed by atoms with Crippen molar-refractivity contribution >= 4 is 18.2 Å². The minimum atomic E-state index is 0.263. The number of ether oxygens (including phenoxy) is 2. The number of carbonyl (C=O) groups is 1. The van der Waals surface area contributed by atoms with Crippen LogP contribution in [-0.4, -0.2) is 59.5 Å². The molecular weight excluding hydrogens is 324 g/mol. The van der Waals surface area contributed by atoms with Gasteiger partial charge in [-0.15, -0.1) is 5.10 Å². The van der Waals surface area contributed by atoms with Gasteiger partial charge in [-0.2, -0.15) is 10.1 Å². The first-order chi connectivity index (χ1) is 12.3. The highest BCUT2D eigenvalue weighted by Gasteiger charge is 2.18. The molecule has 2 aliphatic rings. The Hall–Kier alpha value is -3.10. The van der Waals surface area contributed by atoms with Gasteiger partial charge in [0.15, 0.2) is 17.3 Å². The summed E-state index contributed by atoms with van der Waals surface area (Å²) in [5.74, 6) is 2.74. The zero-order chi connectivity index (χ0) is 17.1. The molecule has 1 N–H and O–H groups in total. The minimum absolute atomic E-state index is 0.263. The number of hydrogen-bond acceptors (Lipinski definition) is 8. The highest BCUT2D eigenvalue weighted by Crippen LogP contribution is 2.32. The van der Waals surface area contributed by atoms with Crippen molar-refractivity contribution in [2.75, 3.05) is 43.2 Å². The van der Waals surface area contributed by atoms with Crippen LogP contribution in [0.25, 0.3) is 0 Å². The Kier molecular flexibility index (Phi) is 4.19. The van der Waals surface area contributed by atoms with Crippen LogP contribution in [0.4, 0.5) is 11.8 Å². The fourth-order valence-electron chi connectivity index (χ4n) is 2.81. The zero-order valence-electron chi connectivity index (χ0n) is 13.6. The van der Waals surface area contributed by atoms with E-state index in [1.807, 2.05) is 18.2 Å². The summed E-state index contributed by atoms with van der Waals surface area (Å²) in [6, 6.07) is 5.79. The first-order valence-corrected chi connectivity index (χ1v) is 8.08. The third-order valence-electron chi connectivity index (χ3n) is 4.22. The molecule has 0 aliphatic carbocycles. The van der Waals surface area contributed by atoms with Gasteiger partial charge in [-0.1, -0.05) is 6.07 Å². The van der Waals surface area contributed by atoms with Gasteiger partial charge >= 0.3 is 0 Å². The number of benzene rings is 1. The maximum Gasteiger partial charge on any atom is 0.244 e. The number of anilines is 2. The smallest absolute Gasteiger partial charge is 0.244 e. The maximum atomic E-state index is 10.8. The number of hydrogen-bond donors (Lipinski definition) is 1. The van der Waals surface area contributed by atoms with Crippen molar-refractivity contribution in [2.45, 2.75) is 6.54 Å². The van der Waals surface area contributed by atoms with Gasteiger partial charge in [0.2, 0.25) is 19.2 Å². The Bertz CT molecular complexity index is 763. The molecular formula is C16H18N6O3. The third-order valence-corrected chi connectivity index (χ3v) is 4.22. The highest BCUT2D eigenvalue weighted by molar-refractivity contribution is 5.49. The quantitative estimate of drug-likeness (QED) is 0.785. The van der Waals surface area contributed by atoms with E-state index in [4.69, 9.17) is 9.47 Å². The number of fused-ring (bicyclic) bond motifs is 1. The van der Waals surface area contributed by atoms with Gasteiger partial charge in [0.25, 0.3) is 0 Å². The van der Waals surface area contributed by atoms with E-state index in [2.05, 4.69) is 25.4 Å². The van der Waals surface area contributed by atoms with Gasteiger partial charge in [0.05, 0.1) is 6.20 Å². The number of nitrogens with one attached hydrogen (secondary N) is 1. The van der Waals surface area contributed by atoms with Crippen LogP contribution in [0.1, 0.15) is 5.56 Å². The van der Waals surface area contributed by atoms with Crippen LogP contribution in [0, 0.1) is 0 Å². The molecule has 0 unspecified atom stereocenters. The average molecular weight is 342 g/mol.